The molecule has 1 aliphatic rings. The molecule has 1 amide bonds. The van der Waals surface area contributed by atoms with E-state index in [4.69, 9.17) is 5.11 Å². The van der Waals surface area contributed by atoms with E-state index in [-0.39, 0.29) is 5.91 Å². The van der Waals surface area contributed by atoms with E-state index in [9.17, 15) is 9.59 Å². The van der Waals surface area contributed by atoms with Crippen LogP contribution in [0.25, 0.3) is 0 Å². The van der Waals surface area contributed by atoms with Crippen molar-refractivity contribution in [3.05, 3.63) is 29.8 Å². The zero-order chi connectivity index (χ0) is 14.0. The van der Waals surface area contributed by atoms with Crippen molar-refractivity contribution in [3.63, 3.8) is 0 Å². The number of hydrogen-bond donors (Lipinski definition) is 1. The van der Waals surface area contributed by atoms with Gasteiger partial charge in [-0.3, -0.25) is 4.79 Å². The molecule has 0 aliphatic carbocycles. The lowest BCUT2D eigenvalue weighted by atomic mass is 10.1. The van der Waals surface area contributed by atoms with E-state index in [0.717, 1.165) is 12.1 Å². The number of likely N-dealkylation sites (tertiary alicyclic amines) is 1. The van der Waals surface area contributed by atoms with Gasteiger partial charge in [0.2, 0.25) is 0 Å². The third-order valence-corrected chi connectivity index (χ3v) is 3.41. The molecule has 2 rings (SSSR count). The Kier molecular flexibility index (Phi) is 3.74. The minimum atomic E-state index is -0.923. The normalized spacial score (nSPS) is 18.4. The molecule has 1 fully saturated rings. The van der Waals surface area contributed by atoms with Crippen LogP contribution in [0, 0.1) is 0 Å². The molecule has 1 aromatic rings. The van der Waals surface area contributed by atoms with Crippen molar-refractivity contribution in [3.8, 4) is 0 Å². The molecule has 1 N–H and O–H groups in total. The largest absolute Gasteiger partial charge is 0.480 e. The Morgan fingerprint density at radius 3 is 2.63 bits per heavy atom. The van der Waals surface area contributed by atoms with E-state index in [1.165, 1.54) is 4.90 Å². The number of anilines is 1. The summed E-state index contributed by atoms with van der Waals surface area (Å²) in [7, 11) is 3.73. The summed E-state index contributed by atoms with van der Waals surface area (Å²) in [5.41, 5.74) is 1.36. The van der Waals surface area contributed by atoms with Crippen molar-refractivity contribution < 1.29 is 14.7 Å². The minimum Gasteiger partial charge on any atom is -0.480 e. The second kappa shape index (κ2) is 5.30. The summed E-state index contributed by atoms with van der Waals surface area (Å²) < 4.78 is 0. The maximum Gasteiger partial charge on any atom is 0.326 e. The van der Waals surface area contributed by atoms with Crippen molar-refractivity contribution in [1.29, 1.82) is 0 Å². The van der Waals surface area contributed by atoms with Gasteiger partial charge >= 0.3 is 5.97 Å². The van der Waals surface area contributed by atoms with Gasteiger partial charge in [0.15, 0.2) is 0 Å². The van der Waals surface area contributed by atoms with Gasteiger partial charge in [-0.25, -0.2) is 4.79 Å². The van der Waals surface area contributed by atoms with Crippen LogP contribution in [0.15, 0.2) is 24.3 Å². The lowest BCUT2D eigenvalue weighted by Gasteiger charge is -2.24. The van der Waals surface area contributed by atoms with Gasteiger partial charge in [-0.1, -0.05) is 12.1 Å². The Balaban J connectivity index is 2.32. The third kappa shape index (κ3) is 2.54. The van der Waals surface area contributed by atoms with E-state index in [2.05, 4.69) is 0 Å². The number of para-hydroxylation sites is 1. The molecule has 5 nitrogen and oxygen atoms in total. The molecule has 0 bridgehead atoms. The lowest BCUT2D eigenvalue weighted by molar-refractivity contribution is -0.141. The van der Waals surface area contributed by atoms with Gasteiger partial charge in [0.25, 0.3) is 5.91 Å². The number of amides is 1. The number of carbonyl (C=O) groups is 2. The average Bonchev–Trinajstić information content (AvgIpc) is 2.87. The molecule has 1 saturated heterocycles. The summed E-state index contributed by atoms with van der Waals surface area (Å²) in [6.07, 6.45) is 1.28. The van der Waals surface area contributed by atoms with Crippen LogP contribution in [0.4, 0.5) is 5.69 Å². The molecule has 1 aromatic carbocycles. The first-order valence-corrected chi connectivity index (χ1v) is 6.32. The van der Waals surface area contributed by atoms with E-state index >= 15 is 0 Å². The monoisotopic (exact) mass is 262 g/mol. The van der Waals surface area contributed by atoms with E-state index in [1.807, 2.05) is 31.1 Å². The van der Waals surface area contributed by atoms with Gasteiger partial charge in [0.05, 0.1) is 5.56 Å². The molecule has 1 aliphatic heterocycles. The van der Waals surface area contributed by atoms with Crippen molar-refractivity contribution >= 4 is 17.6 Å². The number of carboxylic acids is 1. The maximum absolute atomic E-state index is 12.5. The van der Waals surface area contributed by atoms with Crippen LogP contribution in [0.3, 0.4) is 0 Å². The van der Waals surface area contributed by atoms with Gasteiger partial charge in [-0.2, -0.15) is 0 Å². The van der Waals surface area contributed by atoms with Crippen molar-refractivity contribution in [1.82, 2.24) is 4.90 Å². The molecule has 0 aromatic heterocycles. The number of rotatable bonds is 3. The highest BCUT2D eigenvalue weighted by molar-refractivity contribution is 6.01. The molecule has 102 valence electrons. The SMILES string of the molecule is CN(C)c1ccccc1C(=O)N1CCCC1C(=O)O. The first kappa shape index (κ1) is 13.4. The summed E-state index contributed by atoms with van der Waals surface area (Å²) in [4.78, 5) is 27.0. The predicted octanol–water partition coefficient (Wildman–Crippen LogP) is 1.44. The Hall–Kier alpha value is -2.04. The molecule has 0 spiro atoms. The molecule has 1 heterocycles. The number of aliphatic carboxylic acids is 1. The summed E-state index contributed by atoms with van der Waals surface area (Å²) in [6, 6.07) is 6.58. The van der Waals surface area contributed by atoms with Gasteiger partial charge in [0, 0.05) is 26.3 Å². The highest BCUT2D eigenvalue weighted by Crippen LogP contribution is 2.25. The van der Waals surface area contributed by atoms with Crippen molar-refractivity contribution in [2.24, 2.45) is 0 Å². The fourth-order valence-electron chi connectivity index (χ4n) is 2.47. The first-order chi connectivity index (χ1) is 9.02. The first-order valence-electron chi connectivity index (χ1n) is 6.32. The molecule has 19 heavy (non-hydrogen) atoms. The van der Waals surface area contributed by atoms with Crippen LogP contribution in [-0.4, -0.2) is 48.6 Å². The van der Waals surface area contributed by atoms with E-state index < -0.39 is 12.0 Å². The Labute approximate surface area is 112 Å². The Morgan fingerprint density at radius 1 is 1.32 bits per heavy atom. The fourth-order valence-corrected chi connectivity index (χ4v) is 2.47. The molecule has 0 radical (unpaired) electrons. The molecule has 1 unspecified atom stereocenters. The summed E-state index contributed by atoms with van der Waals surface area (Å²) in [6.45, 7) is 0.511. The Bertz CT molecular complexity index is 499. The second-order valence-corrected chi connectivity index (χ2v) is 4.91. The van der Waals surface area contributed by atoms with Crippen molar-refractivity contribution in [2.45, 2.75) is 18.9 Å². The molecule has 1 atom stereocenters. The van der Waals surface area contributed by atoms with Gasteiger partial charge in [-0.05, 0) is 25.0 Å². The second-order valence-electron chi connectivity index (χ2n) is 4.91. The summed E-state index contributed by atoms with van der Waals surface area (Å²) >= 11 is 0. The summed E-state index contributed by atoms with van der Waals surface area (Å²) in [5.74, 6) is -1.12. The van der Waals surface area contributed by atoms with E-state index in [0.29, 0.717) is 18.5 Å². The average molecular weight is 262 g/mol. The standard InChI is InChI=1S/C14H18N2O3/c1-15(2)11-7-4-3-6-10(11)13(17)16-9-5-8-12(16)14(18)19/h3-4,6-7,12H,5,8-9H2,1-2H3,(H,18,19). The molecular weight excluding hydrogens is 244 g/mol. The van der Waals surface area contributed by atoms with Crippen LogP contribution in [0.1, 0.15) is 23.2 Å². The van der Waals surface area contributed by atoms with Gasteiger partial charge in [0.1, 0.15) is 6.04 Å². The van der Waals surface area contributed by atoms with Crippen LogP contribution in [0.2, 0.25) is 0 Å². The zero-order valence-electron chi connectivity index (χ0n) is 11.2. The number of carbonyl (C=O) groups excluding carboxylic acids is 1. The number of nitrogens with zero attached hydrogens (tertiary/aromatic N) is 2. The molecular formula is C14H18N2O3. The number of benzene rings is 1. The number of hydrogen-bond acceptors (Lipinski definition) is 3. The van der Waals surface area contributed by atoms with Crippen LogP contribution < -0.4 is 4.90 Å². The topological polar surface area (TPSA) is 60.9 Å². The fraction of sp³-hybridized carbons (Fsp3) is 0.429. The highest BCUT2D eigenvalue weighted by Gasteiger charge is 2.35. The van der Waals surface area contributed by atoms with Crippen LogP contribution >= 0.6 is 0 Å². The lowest BCUT2D eigenvalue weighted by Crippen LogP contribution is -2.40. The zero-order valence-corrected chi connectivity index (χ0v) is 11.2. The smallest absolute Gasteiger partial charge is 0.326 e. The number of carboxylic acid groups (broad SMARTS) is 1. The molecule has 0 saturated carbocycles. The van der Waals surface area contributed by atoms with Gasteiger partial charge < -0.3 is 14.9 Å². The van der Waals surface area contributed by atoms with Gasteiger partial charge in [-0.15, -0.1) is 0 Å². The van der Waals surface area contributed by atoms with E-state index in [1.54, 1.807) is 12.1 Å². The molecule has 5 heteroatoms. The van der Waals surface area contributed by atoms with Crippen molar-refractivity contribution in [2.75, 3.05) is 25.5 Å². The van der Waals surface area contributed by atoms with Crippen LogP contribution in [-0.2, 0) is 4.79 Å². The third-order valence-electron chi connectivity index (χ3n) is 3.41. The van der Waals surface area contributed by atoms with Crippen LogP contribution in [0.5, 0.6) is 0 Å². The maximum atomic E-state index is 12.5. The Morgan fingerprint density at radius 2 is 2.00 bits per heavy atom. The quantitative estimate of drug-likeness (QED) is 0.895. The minimum absolute atomic E-state index is 0.200. The predicted molar refractivity (Wildman–Crippen MR) is 72.5 cm³/mol. The summed E-state index contributed by atoms with van der Waals surface area (Å²) in [5, 5.41) is 9.15. The highest BCUT2D eigenvalue weighted by atomic mass is 16.4.